The lowest BCUT2D eigenvalue weighted by molar-refractivity contribution is -0.396. The molecule has 0 aliphatic heterocycles. The van der Waals surface area contributed by atoms with Crippen molar-refractivity contribution in [2.75, 3.05) is 20.1 Å². The van der Waals surface area contributed by atoms with E-state index in [0.29, 0.717) is 25.8 Å². The first-order valence-electron chi connectivity index (χ1n) is 15.8. The monoisotopic (exact) mass is 663 g/mol. The minimum absolute atomic E-state index is 0.0245. The normalized spacial score (nSPS) is 29.8. The van der Waals surface area contributed by atoms with Gasteiger partial charge in [-0.05, 0) is 137 Å². The van der Waals surface area contributed by atoms with E-state index in [2.05, 4.69) is 6.92 Å². The van der Waals surface area contributed by atoms with Crippen LogP contribution >= 0.6 is 0 Å². The molecule has 4 rings (SSSR count). The first-order chi connectivity index (χ1) is 20.7. The van der Waals surface area contributed by atoms with Gasteiger partial charge in [0.25, 0.3) is 0 Å². The zero-order valence-electron chi connectivity index (χ0n) is 25.5. The molecule has 3 aliphatic carbocycles. The average Bonchev–Trinajstić information content (AvgIpc) is 3.24. The van der Waals surface area contributed by atoms with E-state index in [9.17, 15) is 49.7 Å². The van der Waals surface area contributed by atoms with E-state index < -0.39 is 43.0 Å². The number of unbranched alkanes of at least 4 members (excludes halogenated alkanes) is 1. The lowest BCUT2D eigenvalue weighted by Crippen LogP contribution is -2.60. The van der Waals surface area contributed by atoms with Gasteiger partial charge in [-0.3, -0.25) is 0 Å². The molecule has 0 spiro atoms. The van der Waals surface area contributed by atoms with Crippen molar-refractivity contribution in [2.24, 2.45) is 23.2 Å². The lowest BCUT2D eigenvalue weighted by atomic mass is 9.52. The molecule has 1 aromatic carbocycles. The third-order valence-electron chi connectivity index (χ3n) is 10.9. The summed E-state index contributed by atoms with van der Waals surface area (Å²) in [5, 5.41) is 20.9. The van der Waals surface area contributed by atoms with Gasteiger partial charge in [-0.25, -0.2) is 4.39 Å². The minimum Gasteiger partial charge on any atom is -0.508 e. The highest BCUT2D eigenvalue weighted by Gasteiger charge is 2.81. The number of hydrogen-bond acceptors (Lipinski definition) is 3. The van der Waals surface area contributed by atoms with Crippen LogP contribution in [0.5, 0.6) is 5.75 Å². The van der Waals surface area contributed by atoms with Gasteiger partial charge < -0.3 is 15.1 Å². The standard InChI is InChI=1S/C32H43F10NO2/c1-28-13-11-24-23-8-7-22(44)18-19(23)16-20(27(24)25(28)9-10-26(28)45)17-21(33)6-5-15-43(2)14-4-3-12-29(34,35)30(36,37)31(38,39)32(40,41)42/h7-8,18,20-21,24-27,44-45H,3-6,9-17H2,1-2H3/t20-,21?,24+,25-,26-,27+,28-/m0/s1. The van der Waals surface area contributed by atoms with E-state index >= 15 is 4.39 Å². The van der Waals surface area contributed by atoms with Crippen LogP contribution in [0.4, 0.5) is 43.9 Å². The summed E-state index contributed by atoms with van der Waals surface area (Å²) >= 11 is 0. The molecule has 0 saturated heterocycles. The number of aliphatic hydroxyl groups is 1. The van der Waals surface area contributed by atoms with Crippen LogP contribution in [0, 0.1) is 23.2 Å². The number of phenols is 1. The van der Waals surface area contributed by atoms with Gasteiger partial charge in [0.2, 0.25) is 0 Å². The van der Waals surface area contributed by atoms with Crippen molar-refractivity contribution >= 4 is 0 Å². The fourth-order valence-corrected chi connectivity index (χ4v) is 8.41. The summed E-state index contributed by atoms with van der Waals surface area (Å²) < 4.78 is 133. The Morgan fingerprint density at radius 1 is 0.933 bits per heavy atom. The summed E-state index contributed by atoms with van der Waals surface area (Å²) in [6.45, 7) is 2.57. The molecule has 45 heavy (non-hydrogen) atoms. The Hall–Kier alpha value is -1.76. The maximum atomic E-state index is 15.5. The topological polar surface area (TPSA) is 43.7 Å². The minimum atomic E-state index is -6.87. The first kappa shape index (κ1) is 36.1. The number of halogens is 10. The molecule has 2 N–H and O–H groups in total. The van der Waals surface area contributed by atoms with Gasteiger partial charge in [0.05, 0.1) is 6.10 Å². The first-order valence-corrected chi connectivity index (χ1v) is 15.8. The van der Waals surface area contributed by atoms with Gasteiger partial charge >= 0.3 is 23.9 Å². The number of aromatic hydroxyl groups is 1. The molecule has 1 aromatic rings. The number of nitrogens with zero attached hydrogens (tertiary/aromatic N) is 1. The molecule has 7 atom stereocenters. The molecular weight excluding hydrogens is 620 g/mol. The van der Waals surface area contributed by atoms with Crippen LogP contribution in [0.3, 0.4) is 0 Å². The van der Waals surface area contributed by atoms with Gasteiger partial charge in [0.1, 0.15) is 11.9 Å². The molecule has 3 nitrogen and oxygen atoms in total. The molecule has 3 aliphatic rings. The van der Waals surface area contributed by atoms with Crippen molar-refractivity contribution in [1.29, 1.82) is 0 Å². The summed E-state index contributed by atoms with van der Waals surface area (Å²) in [5.41, 5.74) is 2.02. The van der Waals surface area contributed by atoms with Crippen LogP contribution in [-0.4, -0.2) is 71.5 Å². The molecule has 1 unspecified atom stereocenters. The quantitative estimate of drug-likeness (QED) is 0.164. The van der Waals surface area contributed by atoms with E-state index in [-0.39, 0.29) is 60.3 Å². The summed E-state index contributed by atoms with van der Waals surface area (Å²) in [7, 11) is 1.60. The van der Waals surface area contributed by atoms with Crippen LogP contribution in [0.2, 0.25) is 0 Å². The highest BCUT2D eigenvalue weighted by atomic mass is 19.4. The highest BCUT2D eigenvalue weighted by Crippen LogP contribution is 2.63. The largest absolute Gasteiger partial charge is 0.508 e. The number of benzene rings is 1. The number of alkyl halides is 10. The maximum Gasteiger partial charge on any atom is 0.460 e. The van der Waals surface area contributed by atoms with Crippen molar-refractivity contribution in [3.63, 3.8) is 0 Å². The molecule has 2 saturated carbocycles. The van der Waals surface area contributed by atoms with E-state index in [1.165, 1.54) is 5.56 Å². The van der Waals surface area contributed by atoms with E-state index in [1.807, 2.05) is 6.07 Å². The number of fused-ring (bicyclic) bond motifs is 5. The Bertz CT molecular complexity index is 1160. The van der Waals surface area contributed by atoms with Gasteiger partial charge in [-0.15, -0.1) is 0 Å². The van der Waals surface area contributed by atoms with Crippen LogP contribution < -0.4 is 0 Å². The second-order valence-electron chi connectivity index (χ2n) is 13.9. The Morgan fingerprint density at radius 3 is 2.27 bits per heavy atom. The third kappa shape index (κ3) is 6.94. The van der Waals surface area contributed by atoms with Crippen LogP contribution in [-0.2, 0) is 6.42 Å². The highest BCUT2D eigenvalue weighted by molar-refractivity contribution is 5.40. The zero-order chi connectivity index (χ0) is 33.6. The third-order valence-corrected chi connectivity index (χ3v) is 10.9. The van der Waals surface area contributed by atoms with Crippen molar-refractivity contribution in [2.45, 2.75) is 120 Å². The summed E-state index contributed by atoms with van der Waals surface area (Å²) in [5.74, 6) is -18.1. The number of aliphatic hydroxyl groups excluding tert-OH is 1. The predicted octanol–water partition coefficient (Wildman–Crippen LogP) is 8.91. The second-order valence-corrected chi connectivity index (χ2v) is 13.9. The molecule has 2 fully saturated rings. The molecule has 258 valence electrons. The van der Waals surface area contributed by atoms with Gasteiger partial charge in [0.15, 0.2) is 0 Å². The second kappa shape index (κ2) is 13.0. The summed E-state index contributed by atoms with van der Waals surface area (Å²) in [6.07, 6.45) is -6.09. The molecule has 0 radical (unpaired) electrons. The Morgan fingerprint density at radius 2 is 1.60 bits per heavy atom. The smallest absolute Gasteiger partial charge is 0.460 e. The Labute approximate surface area is 257 Å². The van der Waals surface area contributed by atoms with Gasteiger partial charge in [-0.1, -0.05) is 13.0 Å². The van der Waals surface area contributed by atoms with Crippen LogP contribution in [0.1, 0.15) is 88.2 Å². The summed E-state index contributed by atoms with van der Waals surface area (Å²) in [4.78, 5) is 1.65. The Kier molecular flexibility index (Phi) is 10.5. The van der Waals surface area contributed by atoms with E-state index in [4.69, 9.17) is 0 Å². The van der Waals surface area contributed by atoms with Crippen LogP contribution in [0.15, 0.2) is 18.2 Å². The molecule has 13 heteroatoms. The molecular formula is C32H43F10NO2. The SMILES string of the molecule is CN(CCCCC(F)(F)C(F)(F)C(F)(F)C(F)(F)F)CCCC(F)C[C@@H]1Cc2cc(O)ccc2[C@H]2CC[C@]3(C)[C@@H](O)CC[C@H]3[C@H]12. The van der Waals surface area contributed by atoms with Crippen molar-refractivity contribution in [3.8, 4) is 5.75 Å². The Balaban J connectivity index is 1.26. The van der Waals surface area contributed by atoms with Gasteiger partial charge in [-0.2, -0.15) is 39.5 Å². The number of phenolic OH excluding ortho intramolecular Hbond substituents is 1. The molecule has 0 heterocycles. The van der Waals surface area contributed by atoms with Crippen molar-refractivity contribution in [3.05, 3.63) is 29.3 Å². The fourth-order valence-electron chi connectivity index (χ4n) is 8.41. The molecule has 0 amide bonds. The lowest BCUT2D eigenvalue weighted by Gasteiger charge is -2.53. The van der Waals surface area contributed by atoms with Crippen molar-refractivity contribution < 1.29 is 54.1 Å². The van der Waals surface area contributed by atoms with E-state index in [1.54, 1.807) is 24.1 Å². The van der Waals surface area contributed by atoms with Crippen molar-refractivity contribution in [1.82, 2.24) is 4.90 Å². The summed E-state index contributed by atoms with van der Waals surface area (Å²) in [6, 6.07) is 5.42. The number of hydrogen-bond donors (Lipinski definition) is 2. The molecule has 0 aromatic heterocycles. The fraction of sp³-hybridized carbons (Fsp3) is 0.812. The predicted molar refractivity (Wildman–Crippen MR) is 149 cm³/mol. The van der Waals surface area contributed by atoms with Gasteiger partial charge in [0, 0.05) is 6.42 Å². The van der Waals surface area contributed by atoms with E-state index in [0.717, 1.165) is 31.2 Å². The van der Waals surface area contributed by atoms with Crippen LogP contribution in [0.25, 0.3) is 0 Å². The average molecular weight is 664 g/mol. The number of rotatable bonds is 13. The molecule has 0 bridgehead atoms. The zero-order valence-corrected chi connectivity index (χ0v) is 25.5. The maximum absolute atomic E-state index is 15.5.